The number of likely N-dealkylation sites (N-methyl/N-ethyl adjacent to an activating group) is 1. The molecular weight excluding hydrogens is 280 g/mol. The number of aliphatic carboxylic acids is 1. The van der Waals surface area contributed by atoms with Crippen LogP contribution in [0.25, 0.3) is 0 Å². The number of hydrogen-bond donors (Lipinski definition) is 2. The molecule has 1 saturated carbocycles. The van der Waals surface area contributed by atoms with Crippen molar-refractivity contribution in [1.29, 1.82) is 0 Å². The van der Waals surface area contributed by atoms with Gasteiger partial charge in [-0.2, -0.15) is 0 Å². The normalized spacial score (nSPS) is 37.4. The molecule has 0 bridgehead atoms. The van der Waals surface area contributed by atoms with Crippen LogP contribution in [-0.2, 0) is 14.3 Å². The largest absolute Gasteiger partial charge is 0.480 e. The number of amides is 1. The minimum Gasteiger partial charge on any atom is -0.480 e. The molecule has 20 heavy (non-hydrogen) atoms. The Balaban J connectivity index is 1.79. The lowest BCUT2D eigenvalue weighted by atomic mass is 10.0. The summed E-state index contributed by atoms with van der Waals surface area (Å²) in [6, 6.07) is -0.696. The second kappa shape index (κ2) is 5.54. The van der Waals surface area contributed by atoms with E-state index in [0.717, 1.165) is 12.8 Å². The Labute approximate surface area is 122 Å². The van der Waals surface area contributed by atoms with Gasteiger partial charge in [-0.1, -0.05) is 0 Å². The second-order valence-electron chi connectivity index (χ2n) is 5.70. The minimum atomic E-state index is -0.895. The van der Waals surface area contributed by atoms with E-state index in [0.29, 0.717) is 24.9 Å². The molecule has 2 heterocycles. The summed E-state index contributed by atoms with van der Waals surface area (Å²) in [7, 11) is 1.81. The zero-order chi connectivity index (χ0) is 14.3. The number of carbonyl (C=O) groups is 2. The second-order valence-corrected chi connectivity index (χ2v) is 6.85. The zero-order valence-electron chi connectivity index (χ0n) is 11.4. The standard InChI is InChI=1S/C13H20N2O4S/c1-14-9-5-19-4-8(9)11(16)15-10(13(17)18)6-20-12(15)7-2-3-7/h7-10,12,14H,2-6H2,1H3,(H,17,18). The van der Waals surface area contributed by atoms with Gasteiger partial charge in [-0.15, -0.1) is 11.8 Å². The molecule has 6 nitrogen and oxygen atoms in total. The number of nitrogens with zero attached hydrogens (tertiary/aromatic N) is 1. The van der Waals surface area contributed by atoms with Crippen molar-refractivity contribution in [2.45, 2.75) is 30.3 Å². The first-order valence-corrected chi connectivity index (χ1v) is 8.10. The van der Waals surface area contributed by atoms with E-state index in [4.69, 9.17) is 4.74 Å². The number of carbonyl (C=O) groups excluding carboxylic acids is 1. The summed E-state index contributed by atoms with van der Waals surface area (Å²) < 4.78 is 5.38. The number of rotatable bonds is 4. The lowest BCUT2D eigenvalue weighted by molar-refractivity contribution is -0.151. The van der Waals surface area contributed by atoms with Crippen LogP contribution in [-0.4, -0.2) is 65.4 Å². The predicted octanol–water partition coefficient (Wildman–Crippen LogP) is -0.0145. The van der Waals surface area contributed by atoms with Crippen LogP contribution in [0.1, 0.15) is 12.8 Å². The van der Waals surface area contributed by atoms with E-state index in [1.807, 2.05) is 7.05 Å². The number of carboxylic acid groups (broad SMARTS) is 1. The average molecular weight is 300 g/mol. The molecule has 0 spiro atoms. The van der Waals surface area contributed by atoms with E-state index in [2.05, 4.69) is 5.32 Å². The predicted molar refractivity (Wildman–Crippen MR) is 74.4 cm³/mol. The highest BCUT2D eigenvalue weighted by Gasteiger charge is 2.50. The van der Waals surface area contributed by atoms with Gasteiger partial charge < -0.3 is 20.1 Å². The Kier molecular flexibility index (Phi) is 3.92. The third-order valence-corrected chi connectivity index (χ3v) is 5.83. The summed E-state index contributed by atoms with van der Waals surface area (Å²) in [6.45, 7) is 0.898. The van der Waals surface area contributed by atoms with Crippen LogP contribution >= 0.6 is 11.8 Å². The smallest absolute Gasteiger partial charge is 0.327 e. The van der Waals surface area contributed by atoms with Crippen LogP contribution in [0.3, 0.4) is 0 Å². The fourth-order valence-corrected chi connectivity index (χ4v) is 4.65. The Morgan fingerprint density at radius 3 is 2.70 bits per heavy atom. The fraction of sp³-hybridized carbons (Fsp3) is 0.846. The van der Waals surface area contributed by atoms with Gasteiger partial charge in [0, 0.05) is 11.8 Å². The summed E-state index contributed by atoms with van der Waals surface area (Å²) in [5, 5.41) is 12.5. The molecule has 3 rings (SSSR count). The van der Waals surface area contributed by atoms with Crippen molar-refractivity contribution < 1.29 is 19.4 Å². The number of thioether (sulfide) groups is 1. The molecule has 0 aromatic heterocycles. The molecular formula is C13H20N2O4S. The maximum absolute atomic E-state index is 12.8. The Morgan fingerprint density at radius 2 is 2.10 bits per heavy atom. The molecule has 4 atom stereocenters. The van der Waals surface area contributed by atoms with Crippen LogP contribution in [0, 0.1) is 11.8 Å². The highest BCUT2D eigenvalue weighted by Crippen LogP contribution is 2.46. The van der Waals surface area contributed by atoms with Gasteiger partial charge in [0.05, 0.1) is 24.5 Å². The van der Waals surface area contributed by atoms with Crippen molar-refractivity contribution >= 4 is 23.6 Å². The molecule has 1 aliphatic carbocycles. The molecule has 7 heteroatoms. The lowest BCUT2D eigenvalue weighted by Gasteiger charge is -2.31. The Morgan fingerprint density at radius 1 is 1.35 bits per heavy atom. The molecule has 0 aromatic carbocycles. The number of nitrogens with one attached hydrogen (secondary N) is 1. The van der Waals surface area contributed by atoms with Crippen LogP contribution < -0.4 is 5.32 Å². The van der Waals surface area contributed by atoms with Gasteiger partial charge >= 0.3 is 5.97 Å². The molecule has 2 saturated heterocycles. The summed E-state index contributed by atoms with van der Waals surface area (Å²) in [5.41, 5.74) is 0. The third kappa shape index (κ3) is 2.42. The lowest BCUT2D eigenvalue weighted by Crippen LogP contribution is -2.52. The minimum absolute atomic E-state index is 0.0117. The van der Waals surface area contributed by atoms with Crippen molar-refractivity contribution in [3.63, 3.8) is 0 Å². The van der Waals surface area contributed by atoms with Crippen molar-refractivity contribution in [1.82, 2.24) is 10.2 Å². The van der Waals surface area contributed by atoms with E-state index in [-0.39, 0.29) is 23.2 Å². The van der Waals surface area contributed by atoms with Gasteiger partial charge in [0.1, 0.15) is 6.04 Å². The van der Waals surface area contributed by atoms with E-state index < -0.39 is 12.0 Å². The quantitative estimate of drug-likeness (QED) is 0.760. The molecule has 2 aliphatic heterocycles. The molecule has 2 N–H and O–H groups in total. The van der Waals surface area contributed by atoms with Gasteiger partial charge in [-0.3, -0.25) is 4.79 Å². The van der Waals surface area contributed by atoms with Crippen molar-refractivity contribution in [3.05, 3.63) is 0 Å². The average Bonchev–Trinajstić information content (AvgIpc) is 3.02. The zero-order valence-corrected chi connectivity index (χ0v) is 12.3. The van der Waals surface area contributed by atoms with E-state index in [1.54, 1.807) is 16.7 Å². The van der Waals surface area contributed by atoms with Crippen LogP contribution in [0.5, 0.6) is 0 Å². The fourth-order valence-electron chi connectivity index (χ4n) is 3.02. The summed E-state index contributed by atoms with van der Waals surface area (Å²) in [4.78, 5) is 25.9. The SMILES string of the molecule is CNC1COCC1C(=O)N1C(C(=O)O)CSC1C1CC1. The van der Waals surface area contributed by atoms with Crippen LogP contribution in [0.4, 0.5) is 0 Å². The number of ether oxygens (including phenoxy) is 1. The maximum Gasteiger partial charge on any atom is 0.327 e. The summed E-state index contributed by atoms with van der Waals surface area (Å²) in [5.74, 6) is -0.240. The van der Waals surface area contributed by atoms with Crippen molar-refractivity contribution in [2.75, 3.05) is 26.0 Å². The molecule has 0 radical (unpaired) electrons. The third-order valence-electron chi connectivity index (χ3n) is 4.37. The monoisotopic (exact) mass is 300 g/mol. The van der Waals surface area contributed by atoms with E-state index in [9.17, 15) is 14.7 Å². The van der Waals surface area contributed by atoms with Gasteiger partial charge in [-0.25, -0.2) is 4.79 Å². The molecule has 112 valence electrons. The molecule has 3 aliphatic rings. The van der Waals surface area contributed by atoms with E-state index >= 15 is 0 Å². The maximum atomic E-state index is 12.8. The van der Waals surface area contributed by atoms with Crippen LogP contribution in [0.15, 0.2) is 0 Å². The molecule has 1 amide bonds. The molecule has 4 unspecified atom stereocenters. The highest BCUT2D eigenvalue weighted by molar-refractivity contribution is 8.00. The molecule has 3 fully saturated rings. The van der Waals surface area contributed by atoms with Gasteiger partial charge in [-0.05, 0) is 25.8 Å². The first kappa shape index (κ1) is 14.2. The first-order valence-electron chi connectivity index (χ1n) is 7.05. The Hall–Kier alpha value is -0.790. The first-order chi connectivity index (χ1) is 9.63. The Bertz CT molecular complexity index is 415. The topological polar surface area (TPSA) is 78.9 Å². The summed E-state index contributed by atoms with van der Waals surface area (Å²) >= 11 is 1.62. The van der Waals surface area contributed by atoms with Gasteiger partial charge in [0.15, 0.2) is 0 Å². The summed E-state index contributed by atoms with van der Waals surface area (Å²) in [6.07, 6.45) is 2.20. The number of carboxylic acids is 1. The van der Waals surface area contributed by atoms with Crippen molar-refractivity contribution in [2.24, 2.45) is 11.8 Å². The highest BCUT2D eigenvalue weighted by atomic mass is 32.2. The van der Waals surface area contributed by atoms with Gasteiger partial charge in [0.2, 0.25) is 5.91 Å². The van der Waals surface area contributed by atoms with Crippen LogP contribution in [0.2, 0.25) is 0 Å². The van der Waals surface area contributed by atoms with Gasteiger partial charge in [0.25, 0.3) is 0 Å². The van der Waals surface area contributed by atoms with Crippen molar-refractivity contribution in [3.8, 4) is 0 Å². The molecule has 0 aromatic rings. The van der Waals surface area contributed by atoms with E-state index in [1.165, 1.54) is 0 Å². The number of hydrogen-bond acceptors (Lipinski definition) is 5.